The lowest BCUT2D eigenvalue weighted by Crippen LogP contribution is -2.10. The van der Waals surface area contributed by atoms with Gasteiger partial charge in [-0.15, -0.1) is 0 Å². The van der Waals surface area contributed by atoms with Gasteiger partial charge in [-0.1, -0.05) is 6.07 Å². The van der Waals surface area contributed by atoms with E-state index in [-0.39, 0.29) is 5.56 Å². The van der Waals surface area contributed by atoms with Crippen molar-refractivity contribution in [3.05, 3.63) is 52.9 Å². The van der Waals surface area contributed by atoms with Crippen LogP contribution in [0.4, 0.5) is 0 Å². The van der Waals surface area contributed by atoms with Gasteiger partial charge >= 0.3 is 0 Å². The minimum Gasteiger partial charge on any atom is -0.497 e. The van der Waals surface area contributed by atoms with Crippen LogP contribution in [0.5, 0.6) is 5.75 Å². The van der Waals surface area contributed by atoms with Crippen molar-refractivity contribution in [1.29, 1.82) is 0 Å². The van der Waals surface area contributed by atoms with E-state index in [0.717, 1.165) is 5.52 Å². The van der Waals surface area contributed by atoms with Crippen LogP contribution in [-0.2, 0) is 0 Å². The number of pyridine rings is 1. The molecule has 0 radical (unpaired) electrons. The van der Waals surface area contributed by atoms with Crippen LogP contribution in [0, 0.1) is 0 Å². The maximum atomic E-state index is 11.9. The van der Waals surface area contributed by atoms with Gasteiger partial charge in [0.25, 0.3) is 5.56 Å². The van der Waals surface area contributed by atoms with Crippen molar-refractivity contribution in [2.75, 3.05) is 7.11 Å². The van der Waals surface area contributed by atoms with E-state index in [2.05, 4.69) is 4.98 Å². The Morgan fingerprint density at radius 2 is 2.12 bits per heavy atom. The number of nitrogens with zero attached hydrogens (tertiary/aromatic N) is 2. The standard InChI is InChI=1S/C13H10N2O2/c1-17-9-5-6-11-10(8-9)13(16)14-12-4-2-3-7-15(11)12/h2-8H,1H3. The summed E-state index contributed by atoms with van der Waals surface area (Å²) in [4.78, 5) is 15.9. The van der Waals surface area contributed by atoms with Crippen molar-refractivity contribution in [3.8, 4) is 5.75 Å². The minimum absolute atomic E-state index is 0.231. The zero-order valence-electron chi connectivity index (χ0n) is 9.25. The molecule has 0 fully saturated rings. The molecule has 0 spiro atoms. The SMILES string of the molecule is COc1ccc2c(c1)c(=O)nc1ccccn12. The van der Waals surface area contributed by atoms with Gasteiger partial charge in [-0.3, -0.25) is 4.79 Å². The van der Waals surface area contributed by atoms with E-state index >= 15 is 0 Å². The Morgan fingerprint density at radius 3 is 2.94 bits per heavy atom. The minimum atomic E-state index is -0.231. The molecule has 3 aromatic rings. The van der Waals surface area contributed by atoms with Gasteiger partial charge in [0.05, 0.1) is 18.0 Å². The Bertz CT molecular complexity index is 762. The Hall–Kier alpha value is -2.36. The van der Waals surface area contributed by atoms with Crippen LogP contribution in [0.3, 0.4) is 0 Å². The molecule has 2 aromatic heterocycles. The molecule has 0 saturated carbocycles. The molecule has 0 unspecified atom stereocenters. The molecule has 0 N–H and O–H groups in total. The summed E-state index contributed by atoms with van der Waals surface area (Å²) in [5, 5.41) is 0.563. The van der Waals surface area contributed by atoms with Crippen molar-refractivity contribution in [2.45, 2.75) is 0 Å². The third kappa shape index (κ3) is 1.45. The van der Waals surface area contributed by atoms with E-state index in [1.807, 2.05) is 40.9 Å². The summed E-state index contributed by atoms with van der Waals surface area (Å²) in [6.45, 7) is 0. The molecule has 1 aromatic carbocycles. The van der Waals surface area contributed by atoms with E-state index in [1.165, 1.54) is 0 Å². The highest BCUT2D eigenvalue weighted by Crippen LogP contribution is 2.18. The Morgan fingerprint density at radius 1 is 1.24 bits per heavy atom. The van der Waals surface area contributed by atoms with Crippen LogP contribution in [0.1, 0.15) is 0 Å². The van der Waals surface area contributed by atoms with Crippen LogP contribution in [0.25, 0.3) is 16.6 Å². The number of hydrogen-bond acceptors (Lipinski definition) is 3. The van der Waals surface area contributed by atoms with Crippen molar-refractivity contribution in [2.24, 2.45) is 0 Å². The molecule has 0 aliphatic heterocycles. The van der Waals surface area contributed by atoms with Crippen molar-refractivity contribution < 1.29 is 4.74 Å². The number of benzene rings is 1. The summed E-state index contributed by atoms with van der Waals surface area (Å²) in [6.07, 6.45) is 1.89. The molecule has 0 atom stereocenters. The van der Waals surface area contributed by atoms with Gasteiger partial charge in [0.1, 0.15) is 11.4 Å². The number of aromatic nitrogens is 2. The second-order valence-corrected chi connectivity index (χ2v) is 3.73. The second-order valence-electron chi connectivity index (χ2n) is 3.73. The highest BCUT2D eigenvalue weighted by Gasteiger charge is 2.05. The van der Waals surface area contributed by atoms with Gasteiger partial charge in [-0.2, -0.15) is 4.98 Å². The number of methoxy groups -OCH3 is 1. The maximum Gasteiger partial charge on any atom is 0.281 e. The molecule has 17 heavy (non-hydrogen) atoms. The van der Waals surface area contributed by atoms with Crippen molar-refractivity contribution >= 4 is 16.6 Å². The molecule has 84 valence electrons. The molecule has 0 amide bonds. The quantitative estimate of drug-likeness (QED) is 0.595. The van der Waals surface area contributed by atoms with Gasteiger partial charge < -0.3 is 9.14 Å². The number of hydrogen-bond donors (Lipinski definition) is 0. The highest BCUT2D eigenvalue weighted by molar-refractivity contribution is 5.81. The maximum absolute atomic E-state index is 11.9. The summed E-state index contributed by atoms with van der Waals surface area (Å²) in [7, 11) is 1.58. The monoisotopic (exact) mass is 226 g/mol. The Kier molecular flexibility index (Phi) is 2.08. The first-order valence-electron chi connectivity index (χ1n) is 5.25. The van der Waals surface area contributed by atoms with Crippen LogP contribution in [0.15, 0.2) is 47.4 Å². The highest BCUT2D eigenvalue weighted by atomic mass is 16.5. The molecule has 3 rings (SSSR count). The average molecular weight is 226 g/mol. The van der Waals surface area contributed by atoms with Gasteiger partial charge in [-0.05, 0) is 30.3 Å². The van der Waals surface area contributed by atoms with E-state index in [0.29, 0.717) is 16.8 Å². The Labute approximate surface area is 97.1 Å². The fraction of sp³-hybridized carbons (Fsp3) is 0.0769. The molecule has 4 heteroatoms. The topological polar surface area (TPSA) is 43.6 Å². The molecule has 0 saturated heterocycles. The van der Waals surface area contributed by atoms with Crippen LogP contribution in [-0.4, -0.2) is 16.5 Å². The van der Waals surface area contributed by atoms with Crippen molar-refractivity contribution in [1.82, 2.24) is 9.38 Å². The smallest absolute Gasteiger partial charge is 0.281 e. The van der Waals surface area contributed by atoms with Crippen LogP contribution >= 0.6 is 0 Å². The van der Waals surface area contributed by atoms with Crippen LogP contribution in [0.2, 0.25) is 0 Å². The zero-order valence-corrected chi connectivity index (χ0v) is 9.25. The van der Waals surface area contributed by atoms with Gasteiger partial charge in [-0.25, -0.2) is 0 Å². The summed E-state index contributed by atoms with van der Waals surface area (Å²) in [6, 6.07) is 11.0. The lowest BCUT2D eigenvalue weighted by molar-refractivity contribution is 0.415. The van der Waals surface area contributed by atoms with E-state index in [4.69, 9.17) is 4.74 Å². The van der Waals surface area contributed by atoms with E-state index < -0.39 is 0 Å². The third-order valence-corrected chi connectivity index (χ3v) is 2.75. The fourth-order valence-electron chi connectivity index (χ4n) is 1.92. The first-order valence-corrected chi connectivity index (χ1v) is 5.25. The second kappa shape index (κ2) is 3.59. The molecule has 0 aliphatic rings. The summed E-state index contributed by atoms with van der Waals surface area (Å²) >= 11 is 0. The van der Waals surface area contributed by atoms with E-state index in [9.17, 15) is 4.79 Å². The third-order valence-electron chi connectivity index (χ3n) is 2.75. The lowest BCUT2D eigenvalue weighted by atomic mass is 10.2. The molecular formula is C13H10N2O2. The van der Waals surface area contributed by atoms with Crippen molar-refractivity contribution in [3.63, 3.8) is 0 Å². The fourth-order valence-corrected chi connectivity index (χ4v) is 1.92. The van der Waals surface area contributed by atoms with Gasteiger partial charge in [0.2, 0.25) is 0 Å². The average Bonchev–Trinajstić information content (AvgIpc) is 2.38. The summed E-state index contributed by atoms with van der Waals surface area (Å²) in [5.74, 6) is 0.660. The van der Waals surface area contributed by atoms with E-state index in [1.54, 1.807) is 13.2 Å². The zero-order chi connectivity index (χ0) is 11.8. The van der Waals surface area contributed by atoms with Gasteiger partial charge in [0.15, 0.2) is 0 Å². The lowest BCUT2D eigenvalue weighted by Gasteiger charge is -2.06. The number of fused-ring (bicyclic) bond motifs is 3. The molecule has 4 nitrogen and oxygen atoms in total. The Balaban J connectivity index is 2.54. The predicted molar refractivity (Wildman–Crippen MR) is 65.5 cm³/mol. The largest absolute Gasteiger partial charge is 0.497 e. The summed E-state index contributed by atoms with van der Waals surface area (Å²) in [5.41, 5.74) is 1.25. The van der Waals surface area contributed by atoms with Gasteiger partial charge in [0, 0.05) is 6.20 Å². The molecule has 2 heterocycles. The normalized spacial score (nSPS) is 10.9. The summed E-state index contributed by atoms with van der Waals surface area (Å²) < 4.78 is 7.00. The van der Waals surface area contributed by atoms with Crippen LogP contribution < -0.4 is 10.3 Å². The number of ether oxygens (including phenoxy) is 1. The first-order chi connectivity index (χ1) is 8.29. The molecule has 0 aliphatic carbocycles. The molecule has 0 bridgehead atoms. The predicted octanol–water partition coefficient (Wildman–Crippen LogP) is 1.86. The number of rotatable bonds is 1. The first kappa shape index (κ1) is 9.84. The molecular weight excluding hydrogens is 216 g/mol.